The lowest BCUT2D eigenvalue weighted by Crippen LogP contribution is -2.57. The largest absolute Gasteiger partial charge is 0.368 e. The normalized spacial score (nSPS) is 26.6. The molecule has 1 amide bonds. The molecule has 0 bridgehead atoms. The number of hydrogen-bond acceptors (Lipinski definition) is 3. The minimum atomic E-state index is -0.419. The lowest BCUT2D eigenvalue weighted by molar-refractivity contribution is -0.121. The fourth-order valence-electron chi connectivity index (χ4n) is 2.91. The third kappa shape index (κ3) is 2.68. The average molecular weight is 271 g/mol. The fourth-order valence-corrected chi connectivity index (χ4v) is 2.91. The third-order valence-corrected chi connectivity index (χ3v) is 4.12. The van der Waals surface area contributed by atoms with Crippen LogP contribution in [0.2, 0.25) is 0 Å². The van der Waals surface area contributed by atoms with Gasteiger partial charge in [0, 0.05) is 6.04 Å². The van der Waals surface area contributed by atoms with Crippen molar-refractivity contribution in [1.82, 2.24) is 5.32 Å². The Labute approximate surface area is 120 Å². The molecule has 1 fully saturated rings. The number of nitrogens with zero attached hydrogens (tertiary/aromatic N) is 1. The highest BCUT2D eigenvalue weighted by Gasteiger charge is 2.47. The van der Waals surface area contributed by atoms with Crippen LogP contribution in [0.4, 0.5) is 0 Å². The van der Waals surface area contributed by atoms with Crippen LogP contribution in [0.5, 0.6) is 0 Å². The Hall–Kier alpha value is -1.86. The van der Waals surface area contributed by atoms with Crippen molar-refractivity contribution in [3.8, 4) is 6.07 Å². The Morgan fingerprint density at radius 3 is 2.45 bits per heavy atom. The summed E-state index contributed by atoms with van der Waals surface area (Å²) < 4.78 is 0. The van der Waals surface area contributed by atoms with Gasteiger partial charge in [0.2, 0.25) is 5.91 Å². The summed E-state index contributed by atoms with van der Waals surface area (Å²) in [5, 5.41) is 12.8. The molecule has 0 radical (unpaired) electrons. The maximum atomic E-state index is 11.4. The zero-order valence-corrected chi connectivity index (χ0v) is 12.0. The second kappa shape index (κ2) is 5.64. The first-order valence-corrected chi connectivity index (χ1v) is 7.00. The number of primary amides is 1. The van der Waals surface area contributed by atoms with Gasteiger partial charge in [0.15, 0.2) is 0 Å². The van der Waals surface area contributed by atoms with Crippen molar-refractivity contribution in [2.24, 2.45) is 11.7 Å². The van der Waals surface area contributed by atoms with Gasteiger partial charge in [-0.1, -0.05) is 44.2 Å². The number of carbonyl (C=O) groups is 1. The summed E-state index contributed by atoms with van der Waals surface area (Å²) >= 11 is 0. The van der Waals surface area contributed by atoms with E-state index in [1.54, 1.807) is 0 Å². The van der Waals surface area contributed by atoms with Gasteiger partial charge in [0.1, 0.15) is 0 Å². The molecule has 2 rings (SSSR count). The van der Waals surface area contributed by atoms with Gasteiger partial charge in [-0.25, -0.2) is 0 Å². The molecule has 0 saturated heterocycles. The molecular formula is C16H21N3O. The van der Waals surface area contributed by atoms with Gasteiger partial charge in [-0.3, -0.25) is 4.79 Å². The standard InChI is InChI=1S/C16H21N3O/c1-11(2)14(15(18)20)19-13-8-16(9-13,10-17)12-6-4-3-5-7-12/h3-7,11,13-14,19H,8-9H2,1-2H3,(H2,18,20). The molecule has 106 valence electrons. The third-order valence-electron chi connectivity index (χ3n) is 4.12. The average Bonchev–Trinajstić information content (AvgIpc) is 2.38. The number of carbonyl (C=O) groups excluding carboxylic acids is 1. The number of amides is 1. The molecule has 0 aromatic heterocycles. The molecule has 1 aromatic carbocycles. The van der Waals surface area contributed by atoms with E-state index in [1.807, 2.05) is 44.2 Å². The zero-order valence-electron chi connectivity index (χ0n) is 12.0. The van der Waals surface area contributed by atoms with Gasteiger partial charge in [0.25, 0.3) is 0 Å². The van der Waals surface area contributed by atoms with E-state index in [4.69, 9.17) is 5.73 Å². The van der Waals surface area contributed by atoms with E-state index in [0.29, 0.717) is 0 Å². The summed E-state index contributed by atoms with van der Waals surface area (Å²) in [6.45, 7) is 3.94. The Kier molecular flexibility index (Phi) is 4.10. The Bertz CT molecular complexity index is 512. The Morgan fingerprint density at radius 1 is 1.40 bits per heavy atom. The number of nitrogens with one attached hydrogen (secondary N) is 1. The Balaban J connectivity index is 2.03. The van der Waals surface area contributed by atoms with E-state index >= 15 is 0 Å². The molecule has 4 heteroatoms. The van der Waals surface area contributed by atoms with E-state index in [9.17, 15) is 10.1 Å². The molecule has 3 N–H and O–H groups in total. The first kappa shape index (κ1) is 14.5. The van der Waals surface area contributed by atoms with Gasteiger partial charge in [-0.05, 0) is 24.3 Å². The van der Waals surface area contributed by atoms with Gasteiger partial charge >= 0.3 is 0 Å². The first-order valence-electron chi connectivity index (χ1n) is 7.00. The predicted octanol–water partition coefficient (Wildman–Crippen LogP) is 1.71. The second-order valence-corrected chi connectivity index (χ2v) is 5.96. The summed E-state index contributed by atoms with van der Waals surface area (Å²) in [6.07, 6.45) is 1.45. The van der Waals surface area contributed by atoms with Crippen molar-refractivity contribution in [3.05, 3.63) is 35.9 Å². The van der Waals surface area contributed by atoms with E-state index < -0.39 is 5.41 Å². The van der Waals surface area contributed by atoms with Crippen molar-refractivity contribution in [3.63, 3.8) is 0 Å². The molecule has 0 heterocycles. The molecule has 1 unspecified atom stereocenters. The molecule has 1 aliphatic rings. The van der Waals surface area contributed by atoms with Gasteiger partial charge < -0.3 is 11.1 Å². The lowest BCUT2D eigenvalue weighted by atomic mass is 9.62. The minimum absolute atomic E-state index is 0.154. The molecule has 1 aliphatic carbocycles. The minimum Gasteiger partial charge on any atom is -0.368 e. The second-order valence-electron chi connectivity index (χ2n) is 5.96. The van der Waals surface area contributed by atoms with E-state index in [-0.39, 0.29) is 23.9 Å². The first-order chi connectivity index (χ1) is 9.48. The highest BCUT2D eigenvalue weighted by Crippen LogP contribution is 2.43. The maximum absolute atomic E-state index is 11.4. The van der Waals surface area contributed by atoms with Crippen molar-refractivity contribution >= 4 is 5.91 Å². The lowest BCUT2D eigenvalue weighted by Gasteiger charge is -2.45. The maximum Gasteiger partial charge on any atom is 0.234 e. The highest BCUT2D eigenvalue weighted by molar-refractivity contribution is 5.80. The van der Waals surface area contributed by atoms with E-state index in [2.05, 4.69) is 11.4 Å². The van der Waals surface area contributed by atoms with Crippen LogP contribution in [-0.4, -0.2) is 18.0 Å². The predicted molar refractivity (Wildman–Crippen MR) is 77.7 cm³/mol. The van der Waals surface area contributed by atoms with Crippen LogP contribution in [0.1, 0.15) is 32.3 Å². The number of nitriles is 1. The van der Waals surface area contributed by atoms with Gasteiger partial charge in [-0.2, -0.15) is 5.26 Å². The van der Waals surface area contributed by atoms with Gasteiger partial charge in [0.05, 0.1) is 17.5 Å². The topological polar surface area (TPSA) is 78.9 Å². The number of hydrogen-bond donors (Lipinski definition) is 2. The number of benzene rings is 1. The monoisotopic (exact) mass is 271 g/mol. The molecule has 4 nitrogen and oxygen atoms in total. The SMILES string of the molecule is CC(C)C(NC1CC(C#N)(c2ccccc2)C1)C(N)=O. The molecule has 0 aliphatic heterocycles. The molecular weight excluding hydrogens is 250 g/mol. The van der Waals surface area contributed by atoms with Crippen molar-refractivity contribution < 1.29 is 4.79 Å². The van der Waals surface area contributed by atoms with Crippen LogP contribution in [-0.2, 0) is 10.2 Å². The number of nitrogens with two attached hydrogens (primary N) is 1. The molecule has 0 spiro atoms. The smallest absolute Gasteiger partial charge is 0.234 e. The summed E-state index contributed by atoms with van der Waals surface area (Å²) in [5.41, 5.74) is 6.05. The molecule has 1 saturated carbocycles. The quantitative estimate of drug-likeness (QED) is 0.855. The Morgan fingerprint density at radius 2 is 2.00 bits per heavy atom. The summed E-state index contributed by atoms with van der Waals surface area (Å²) in [4.78, 5) is 11.4. The van der Waals surface area contributed by atoms with E-state index in [1.165, 1.54) is 0 Å². The molecule has 1 atom stereocenters. The summed E-state index contributed by atoms with van der Waals surface area (Å²) in [5.74, 6) is -0.171. The van der Waals surface area contributed by atoms with Gasteiger partial charge in [-0.15, -0.1) is 0 Å². The van der Waals surface area contributed by atoms with Crippen molar-refractivity contribution in [1.29, 1.82) is 5.26 Å². The summed E-state index contributed by atoms with van der Waals surface area (Å²) in [7, 11) is 0. The van der Waals surface area contributed by atoms with Crippen LogP contribution in [0.25, 0.3) is 0 Å². The summed E-state index contributed by atoms with van der Waals surface area (Å²) in [6, 6.07) is 12.1. The van der Waals surface area contributed by atoms with Crippen LogP contribution >= 0.6 is 0 Å². The molecule has 20 heavy (non-hydrogen) atoms. The van der Waals surface area contributed by atoms with Crippen molar-refractivity contribution in [2.45, 2.75) is 44.2 Å². The fraction of sp³-hybridized carbons (Fsp3) is 0.500. The zero-order chi connectivity index (χ0) is 14.8. The van der Waals surface area contributed by atoms with Crippen LogP contribution < -0.4 is 11.1 Å². The molecule has 1 aromatic rings. The number of rotatable bonds is 5. The van der Waals surface area contributed by atoms with Crippen LogP contribution in [0.3, 0.4) is 0 Å². The highest BCUT2D eigenvalue weighted by atomic mass is 16.1. The van der Waals surface area contributed by atoms with E-state index in [0.717, 1.165) is 18.4 Å². The van der Waals surface area contributed by atoms with Crippen LogP contribution in [0, 0.1) is 17.2 Å². The van der Waals surface area contributed by atoms with Crippen LogP contribution in [0.15, 0.2) is 30.3 Å². The van der Waals surface area contributed by atoms with Crippen molar-refractivity contribution in [2.75, 3.05) is 0 Å².